The summed E-state index contributed by atoms with van der Waals surface area (Å²) in [4.78, 5) is 29.8. The molecule has 2 atom stereocenters. The van der Waals surface area contributed by atoms with Gasteiger partial charge in [-0.3, -0.25) is 27.7 Å². The summed E-state index contributed by atoms with van der Waals surface area (Å²) >= 11 is 0. The van der Waals surface area contributed by atoms with Crippen molar-refractivity contribution >= 4 is 71.6 Å². The zero-order valence-electron chi connectivity index (χ0n) is 35.4. The Morgan fingerprint density at radius 1 is 0.617 bits per heavy atom. The van der Waals surface area contributed by atoms with Gasteiger partial charge < -0.3 is 18.8 Å². The molecule has 2 aliphatic heterocycles. The minimum absolute atomic E-state index is 0.149. The second-order valence-corrected chi connectivity index (χ2v) is 22.7. The number of hydrogen-bond donors (Lipinski definition) is 0. The standard InChI is InChI=1S/C42H62N2O10P2S4/c1-5-57-59-41(25-29-49-55(47)51-31-37-21-15-17-23-39(37)53-55)35(3)43(33-45)27-19-13-11-9-7-8-10-12-14-20-28-44(34-46)36(4)42(60-58-6-2)26-30-50-56(48)52-32-38-22-16-18-24-40(38)54-56/h15-18,21-24,33-34H,5-14,19-20,25-32H2,1-4H3/b41-35-,42-36-. The number of carbonyl (C=O) groups excluding carboxylic acids is 2. The summed E-state index contributed by atoms with van der Waals surface area (Å²) < 4.78 is 59.6. The first kappa shape index (κ1) is 50.8. The number of para-hydroxylation sites is 2. The molecule has 0 spiro atoms. The number of unbranched alkanes of at least 4 members (excludes halogenated alkanes) is 9. The molecule has 0 saturated carbocycles. The maximum atomic E-state index is 13.1. The maximum absolute atomic E-state index is 13.1. The van der Waals surface area contributed by atoms with Crippen molar-refractivity contribution in [3.63, 3.8) is 0 Å². The van der Waals surface area contributed by atoms with Crippen LogP contribution in [0.5, 0.6) is 11.5 Å². The van der Waals surface area contributed by atoms with E-state index in [9.17, 15) is 18.7 Å². The average molecular weight is 945 g/mol. The average Bonchev–Trinajstić information content (AvgIpc) is 3.25. The van der Waals surface area contributed by atoms with E-state index >= 15 is 0 Å². The lowest BCUT2D eigenvalue weighted by molar-refractivity contribution is -0.117. The quantitative estimate of drug-likeness (QED) is 0.0307. The molecule has 2 aliphatic rings. The minimum Gasteiger partial charge on any atom is -0.404 e. The molecule has 0 aliphatic carbocycles. The number of phosphoric ester groups is 2. The molecule has 12 nitrogen and oxygen atoms in total. The normalized spacial score (nSPS) is 19.2. The van der Waals surface area contributed by atoms with Crippen molar-refractivity contribution in [2.24, 2.45) is 0 Å². The fourth-order valence-electron chi connectivity index (χ4n) is 6.37. The van der Waals surface area contributed by atoms with Gasteiger partial charge in [0.25, 0.3) is 0 Å². The zero-order chi connectivity index (χ0) is 43.1. The van der Waals surface area contributed by atoms with Gasteiger partial charge in [0, 0.05) is 69.8 Å². The van der Waals surface area contributed by atoms with Crippen molar-refractivity contribution in [2.45, 2.75) is 118 Å². The molecule has 60 heavy (non-hydrogen) atoms. The Labute approximate surface area is 373 Å². The molecule has 2 heterocycles. The van der Waals surface area contributed by atoms with Gasteiger partial charge in [-0.2, -0.15) is 0 Å². The van der Waals surface area contributed by atoms with E-state index in [1.807, 2.05) is 50.2 Å². The maximum Gasteiger partial charge on any atom is 0.530 e. The van der Waals surface area contributed by atoms with Gasteiger partial charge in [0.15, 0.2) is 0 Å². The van der Waals surface area contributed by atoms with Crippen molar-refractivity contribution in [3.8, 4) is 11.5 Å². The Kier molecular flexibility index (Phi) is 23.8. The number of amides is 2. The summed E-state index contributed by atoms with van der Waals surface area (Å²) in [7, 11) is -0.782. The minimum atomic E-state index is -3.71. The van der Waals surface area contributed by atoms with Crippen LogP contribution >= 0.6 is 58.8 Å². The predicted molar refractivity (Wildman–Crippen MR) is 249 cm³/mol. The Balaban J connectivity index is 1.08. The number of carbonyl (C=O) groups is 2. The lowest BCUT2D eigenvalue weighted by atomic mass is 10.1. The summed E-state index contributed by atoms with van der Waals surface area (Å²) in [6, 6.07) is 14.7. The Morgan fingerprint density at radius 3 is 1.35 bits per heavy atom. The Hall–Kier alpha value is -1.84. The molecule has 2 amide bonds. The Bertz CT molecular complexity index is 1670. The third-order valence-electron chi connectivity index (χ3n) is 9.80. The number of fused-ring (bicyclic) bond motifs is 2. The number of allylic oxidation sites excluding steroid dienone is 2. The Morgan fingerprint density at radius 2 is 0.983 bits per heavy atom. The van der Waals surface area contributed by atoms with Crippen molar-refractivity contribution < 1.29 is 45.9 Å². The van der Waals surface area contributed by atoms with Gasteiger partial charge >= 0.3 is 15.6 Å². The largest absolute Gasteiger partial charge is 0.530 e. The first-order valence-electron chi connectivity index (χ1n) is 20.9. The van der Waals surface area contributed by atoms with Gasteiger partial charge in [-0.25, -0.2) is 9.13 Å². The highest BCUT2D eigenvalue weighted by Gasteiger charge is 2.35. The second kappa shape index (κ2) is 28.1. The molecule has 2 aromatic rings. The SMILES string of the molecule is CCSS/C(CCOP1(=O)OCc2ccccc2O1)=C(/C)N(C=O)CCCCCCCCCCCCN(C=O)/C(C)=C(/CCOP1(=O)OCc2ccccc2O1)SSCC. The highest BCUT2D eigenvalue weighted by Crippen LogP contribution is 2.56. The summed E-state index contributed by atoms with van der Waals surface area (Å²) in [5.41, 5.74) is 3.45. The van der Waals surface area contributed by atoms with Crippen LogP contribution in [0, 0.1) is 0 Å². The third kappa shape index (κ3) is 17.4. The lowest BCUT2D eigenvalue weighted by Crippen LogP contribution is -2.22. The van der Waals surface area contributed by atoms with Crippen LogP contribution in [0.15, 0.2) is 69.7 Å². The van der Waals surface area contributed by atoms with Crippen molar-refractivity contribution in [1.82, 2.24) is 9.80 Å². The van der Waals surface area contributed by atoms with E-state index in [0.29, 0.717) is 37.4 Å². The summed E-state index contributed by atoms with van der Waals surface area (Å²) in [5, 5.41) is 0. The highest BCUT2D eigenvalue weighted by atomic mass is 33.1. The molecule has 2 unspecified atom stereocenters. The first-order valence-corrected chi connectivity index (χ1v) is 28.5. The van der Waals surface area contributed by atoms with Crippen LogP contribution in [0.2, 0.25) is 0 Å². The van der Waals surface area contributed by atoms with E-state index in [1.165, 1.54) is 25.7 Å². The van der Waals surface area contributed by atoms with E-state index in [0.717, 1.165) is 95.2 Å². The molecule has 0 aromatic heterocycles. The summed E-state index contributed by atoms with van der Waals surface area (Å²) in [6.07, 6.45) is 13.7. The number of hydrogen-bond acceptors (Lipinski definition) is 14. The number of benzene rings is 2. The monoisotopic (exact) mass is 944 g/mol. The van der Waals surface area contributed by atoms with Gasteiger partial charge in [-0.15, -0.1) is 0 Å². The lowest BCUT2D eigenvalue weighted by Gasteiger charge is -2.25. The van der Waals surface area contributed by atoms with Crippen molar-refractivity contribution in [3.05, 3.63) is 80.9 Å². The first-order chi connectivity index (χ1) is 29.1. The van der Waals surface area contributed by atoms with Gasteiger partial charge in [0.05, 0.1) is 26.4 Å². The molecular formula is C42H62N2O10P2S4. The van der Waals surface area contributed by atoms with Gasteiger partial charge in [-0.05, 0) is 38.8 Å². The van der Waals surface area contributed by atoms with E-state index < -0.39 is 15.6 Å². The van der Waals surface area contributed by atoms with Crippen molar-refractivity contribution in [2.75, 3.05) is 37.8 Å². The molecule has 334 valence electrons. The molecule has 0 bridgehead atoms. The van der Waals surface area contributed by atoms with Crippen LogP contribution < -0.4 is 9.05 Å². The van der Waals surface area contributed by atoms with Crippen LogP contribution in [-0.2, 0) is 50.0 Å². The van der Waals surface area contributed by atoms with Crippen LogP contribution in [0.1, 0.15) is 116 Å². The molecule has 0 N–H and O–H groups in total. The van der Waals surface area contributed by atoms with Crippen LogP contribution in [-0.4, -0.2) is 60.4 Å². The van der Waals surface area contributed by atoms with E-state index in [2.05, 4.69) is 13.8 Å². The van der Waals surface area contributed by atoms with Gasteiger partial charge in [0.2, 0.25) is 12.8 Å². The predicted octanol–water partition coefficient (Wildman–Crippen LogP) is 13.3. The van der Waals surface area contributed by atoms with E-state index in [4.69, 9.17) is 27.1 Å². The molecule has 0 fully saturated rings. The fourth-order valence-corrected chi connectivity index (χ4v) is 12.9. The highest BCUT2D eigenvalue weighted by molar-refractivity contribution is 8.78. The summed E-state index contributed by atoms with van der Waals surface area (Å²) in [6.45, 7) is 10.0. The molecule has 4 rings (SSSR count). The molecule has 0 radical (unpaired) electrons. The van der Waals surface area contributed by atoms with E-state index in [-0.39, 0.29) is 26.4 Å². The molecule has 2 aromatic carbocycles. The second-order valence-electron chi connectivity index (χ2n) is 14.1. The fraction of sp³-hybridized carbons (Fsp3) is 0.571. The topological polar surface area (TPSA) is 130 Å². The van der Waals surface area contributed by atoms with Crippen LogP contribution in [0.25, 0.3) is 0 Å². The molecule has 0 saturated heterocycles. The third-order valence-corrected chi connectivity index (χ3v) is 18.0. The smallest absolute Gasteiger partial charge is 0.404 e. The molecule has 18 heteroatoms. The van der Waals surface area contributed by atoms with Gasteiger partial charge in [-0.1, -0.05) is 145 Å². The van der Waals surface area contributed by atoms with Gasteiger partial charge in [0.1, 0.15) is 11.5 Å². The van der Waals surface area contributed by atoms with E-state index in [1.54, 1.807) is 65.1 Å². The van der Waals surface area contributed by atoms with Crippen LogP contribution in [0.4, 0.5) is 0 Å². The number of phosphoric acid groups is 2. The number of nitrogens with zero attached hydrogens (tertiary/aromatic N) is 2. The van der Waals surface area contributed by atoms with Crippen LogP contribution in [0.3, 0.4) is 0 Å². The summed E-state index contributed by atoms with van der Waals surface area (Å²) in [5.74, 6) is 2.86. The molecular weight excluding hydrogens is 883 g/mol. The zero-order valence-corrected chi connectivity index (χ0v) is 40.5. The number of rotatable bonds is 31. The van der Waals surface area contributed by atoms with Crippen molar-refractivity contribution in [1.29, 1.82) is 0 Å².